The van der Waals surface area contributed by atoms with Crippen LogP contribution in [0.15, 0.2) is 114 Å². The van der Waals surface area contributed by atoms with E-state index >= 15 is 0 Å². The Morgan fingerprint density at radius 1 is 0.625 bits per heavy atom. The van der Waals surface area contributed by atoms with Crippen LogP contribution in [0, 0.1) is 0 Å². The standard InChI is InChI=1S/C28H18N2OS/c31-27-24(21-14-8-3-9-15-21)18-30-25-16-22(19-10-4-1-5-11-19)23(20-12-6-2-7-13-20)17-26(25)32-28(30)29-27/h1-18H. The highest BCUT2D eigenvalue weighted by Gasteiger charge is 2.15. The summed E-state index contributed by atoms with van der Waals surface area (Å²) in [4.78, 5) is 17.9. The molecule has 0 bridgehead atoms. The van der Waals surface area contributed by atoms with Gasteiger partial charge in [0.15, 0.2) is 4.96 Å². The van der Waals surface area contributed by atoms with Gasteiger partial charge >= 0.3 is 0 Å². The van der Waals surface area contributed by atoms with Gasteiger partial charge in [0, 0.05) is 6.20 Å². The van der Waals surface area contributed by atoms with Gasteiger partial charge in [0.1, 0.15) is 0 Å². The average molecular weight is 431 g/mol. The van der Waals surface area contributed by atoms with Gasteiger partial charge in [0.25, 0.3) is 5.56 Å². The Balaban J connectivity index is 1.67. The first-order valence-electron chi connectivity index (χ1n) is 10.4. The topological polar surface area (TPSA) is 34.4 Å². The molecule has 2 aromatic heterocycles. The van der Waals surface area contributed by atoms with E-state index in [-0.39, 0.29) is 5.56 Å². The molecule has 0 unspecified atom stereocenters. The number of hydrogen-bond donors (Lipinski definition) is 0. The molecule has 2 heterocycles. The van der Waals surface area contributed by atoms with Gasteiger partial charge in [-0.2, -0.15) is 4.98 Å². The summed E-state index contributed by atoms with van der Waals surface area (Å²) in [6, 6.07) is 35.0. The van der Waals surface area contributed by atoms with Crippen LogP contribution >= 0.6 is 11.3 Å². The molecule has 4 heteroatoms. The molecule has 152 valence electrons. The van der Waals surface area contributed by atoms with E-state index in [1.165, 1.54) is 5.56 Å². The van der Waals surface area contributed by atoms with Crippen molar-refractivity contribution in [2.45, 2.75) is 0 Å². The Labute approximate surface area is 188 Å². The molecule has 0 aliphatic rings. The quantitative estimate of drug-likeness (QED) is 0.306. The van der Waals surface area contributed by atoms with Gasteiger partial charge in [0.2, 0.25) is 0 Å². The average Bonchev–Trinajstić information content (AvgIpc) is 3.20. The van der Waals surface area contributed by atoms with Gasteiger partial charge in [0.05, 0.1) is 15.8 Å². The summed E-state index contributed by atoms with van der Waals surface area (Å²) in [6.45, 7) is 0. The van der Waals surface area contributed by atoms with Gasteiger partial charge in [-0.1, -0.05) is 102 Å². The van der Waals surface area contributed by atoms with Crippen LogP contribution in [-0.2, 0) is 0 Å². The van der Waals surface area contributed by atoms with Crippen LogP contribution < -0.4 is 5.56 Å². The van der Waals surface area contributed by atoms with E-state index in [1.807, 2.05) is 53.1 Å². The van der Waals surface area contributed by atoms with Gasteiger partial charge in [-0.15, -0.1) is 0 Å². The second-order valence-corrected chi connectivity index (χ2v) is 8.69. The Morgan fingerprint density at radius 3 is 1.69 bits per heavy atom. The van der Waals surface area contributed by atoms with E-state index in [4.69, 9.17) is 0 Å². The molecule has 0 spiro atoms. The fraction of sp³-hybridized carbons (Fsp3) is 0. The maximum Gasteiger partial charge on any atom is 0.281 e. The highest BCUT2D eigenvalue weighted by molar-refractivity contribution is 7.23. The summed E-state index contributed by atoms with van der Waals surface area (Å²) >= 11 is 1.54. The third-order valence-electron chi connectivity index (χ3n) is 5.71. The first kappa shape index (κ1) is 18.7. The number of rotatable bonds is 3. The first-order valence-corrected chi connectivity index (χ1v) is 11.3. The van der Waals surface area contributed by atoms with Crippen LogP contribution in [0.3, 0.4) is 0 Å². The van der Waals surface area contributed by atoms with Gasteiger partial charge in [-0.05, 0) is 39.9 Å². The Morgan fingerprint density at radius 2 is 1.12 bits per heavy atom. The van der Waals surface area contributed by atoms with E-state index in [9.17, 15) is 4.79 Å². The molecule has 0 aliphatic carbocycles. The van der Waals surface area contributed by atoms with Crippen LogP contribution in [0.1, 0.15) is 0 Å². The number of thiazole rings is 1. The monoisotopic (exact) mass is 430 g/mol. The summed E-state index contributed by atoms with van der Waals surface area (Å²) in [5.74, 6) is 0. The summed E-state index contributed by atoms with van der Waals surface area (Å²) < 4.78 is 3.14. The van der Waals surface area contributed by atoms with Crippen molar-refractivity contribution in [3.05, 3.63) is 120 Å². The maximum atomic E-state index is 12.8. The molecule has 4 aromatic carbocycles. The lowest BCUT2D eigenvalue weighted by Crippen LogP contribution is -2.10. The molecular formula is C28H18N2OS. The van der Waals surface area contributed by atoms with E-state index in [2.05, 4.69) is 65.6 Å². The van der Waals surface area contributed by atoms with Crippen LogP contribution in [0.5, 0.6) is 0 Å². The Kier molecular flexibility index (Phi) is 4.44. The molecule has 0 fully saturated rings. The lowest BCUT2D eigenvalue weighted by molar-refractivity contribution is 1.15. The van der Waals surface area contributed by atoms with Crippen LogP contribution in [0.4, 0.5) is 0 Å². The molecule has 32 heavy (non-hydrogen) atoms. The molecule has 0 atom stereocenters. The number of aromatic nitrogens is 2. The van der Waals surface area contributed by atoms with Gasteiger partial charge < -0.3 is 0 Å². The van der Waals surface area contributed by atoms with E-state index < -0.39 is 0 Å². The Hall–Kier alpha value is -4.02. The predicted molar refractivity (Wildman–Crippen MR) is 133 cm³/mol. The third-order valence-corrected chi connectivity index (χ3v) is 6.72. The second-order valence-electron chi connectivity index (χ2n) is 7.68. The van der Waals surface area contributed by atoms with E-state index in [1.54, 1.807) is 11.3 Å². The van der Waals surface area contributed by atoms with Crippen LogP contribution in [0.25, 0.3) is 48.6 Å². The fourth-order valence-corrected chi connectivity index (χ4v) is 5.16. The smallest absolute Gasteiger partial charge is 0.281 e. The highest BCUT2D eigenvalue weighted by Crippen LogP contribution is 2.38. The van der Waals surface area contributed by atoms with Gasteiger partial charge in [-0.3, -0.25) is 9.20 Å². The van der Waals surface area contributed by atoms with Crippen molar-refractivity contribution in [1.29, 1.82) is 0 Å². The molecule has 0 saturated carbocycles. The summed E-state index contributed by atoms with van der Waals surface area (Å²) in [7, 11) is 0. The largest absolute Gasteiger partial charge is 0.291 e. The van der Waals surface area contributed by atoms with Crippen LogP contribution in [0.2, 0.25) is 0 Å². The number of hydrogen-bond acceptors (Lipinski definition) is 3. The van der Waals surface area contributed by atoms with Crippen molar-refractivity contribution >= 4 is 26.5 Å². The van der Waals surface area contributed by atoms with Crippen molar-refractivity contribution in [3.8, 4) is 33.4 Å². The molecule has 0 amide bonds. The zero-order valence-corrected chi connectivity index (χ0v) is 17.9. The summed E-state index contributed by atoms with van der Waals surface area (Å²) in [5.41, 5.74) is 6.98. The Bertz CT molecular complexity index is 1620. The van der Waals surface area contributed by atoms with Crippen molar-refractivity contribution in [2.75, 3.05) is 0 Å². The number of fused-ring (bicyclic) bond motifs is 3. The molecule has 3 nitrogen and oxygen atoms in total. The maximum absolute atomic E-state index is 12.8. The highest BCUT2D eigenvalue weighted by atomic mass is 32.1. The SMILES string of the molecule is O=c1nc2sc3cc(-c4ccccc4)c(-c4ccccc4)cc3n2cc1-c1ccccc1. The molecular weight excluding hydrogens is 412 g/mol. The first-order chi connectivity index (χ1) is 15.8. The number of nitrogens with zero attached hydrogens (tertiary/aromatic N) is 2. The van der Waals surface area contributed by atoms with E-state index in [0.29, 0.717) is 10.5 Å². The zero-order valence-electron chi connectivity index (χ0n) is 17.1. The summed E-state index contributed by atoms with van der Waals surface area (Å²) in [6.07, 6.45) is 1.93. The van der Waals surface area contributed by atoms with Crippen molar-refractivity contribution in [1.82, 2.24) is 9.38 Å². The molecule has 0 saturated heterocycles. The van der Waals surface area contributed by atoms with Gasteiger partial charge in [-0.25, -0.2) is 0 Å². The minimum atomic E-state index is -0.200. The fourth-order valence-electron chi connectivity index (χ4n) is 4.15. The van der Waals surface area contributed by atoms with Crippen molar-refractivity contribution < 1.29 is 0 Å². The second kappa shape index (κ2) is 7.59. The van der Waals surface area contributed by atoms with Crippen molar-refractivity contribution in [3.63, 3.8) is 0 Å². The molecule has 0 N–H and O–H groups in total. The number of benzene rings is 4. The van der Waals surface area contributed by atoms with Crippen LogP contribution in [-0.4, -0.2) is 9.38 Å². The zero-order chi connectivity index (χ0) is 21.5. The van der Waals surface area contributed by atoms with E-state index in [0.717, 1.165) is 32.5 Å². The lowest BCUT2D eigenvalue weighted by Gasteiger charge is -2.11. The summed E-state index contributed by atoms with van der Waals surface area (Å²) in [5, 5.41) is 0. The molecule has 0 radical (unpaired) electrons. The lowest BCUT2D eigenvalue weighted by atomic mass is 9.94. The molecule has 6 rings (SSSR count). The third kappa shape index (κ3) is 3.13. The predicted octanol–water partition coefficient (Wildman–Crippen LogP) is 6.91. The molecule has 6 aromatic rings. The minimum absolute atomic E-state index is 0.200. The minimum Gasteiger partial charge on any atom is -0.291 e. The molecule has 0 aliphatic heterocycles. The van der Waals surface area contributed by atoms with Crippen molar-refractivity contribution in [2.24, 2.45) is 0 Å². The normalized spacial score (nSPS) is 11.2.